The van der Waals surface area contributed by atoms with Gasteiger partial charge < -0.3 is 10.2 Å². The maximum Gasteiger partial charge on any atom is 0.259 e. The third-order valence-corrected chi connectivity index (χ3v) is 5.94. The summed E-state index contributed by atoms with van der Waals surface area (Å²) in [4.78, 5) is 21.8. The molecule has 0 saturated carbocycles. The van der Waals surface area contributed by atoms with Gasteiger partial charge in [0.25, 0.3) is 5.91 Å². The number of halogens is 1. The van der Waals surface area contributed by atoms with Crippen molar-refractivity contribution in [2.45, 2.75) is 26.4 Å². The molecular weight excluding hydrogens is 403 g/mol. The summed E-state index contributed by atoms with van der Waals surface area (Å²) in [6, 6.07) is 18.5. The molecule has 0 bridgehead atoms. The summed E-state index contributed by atoms with van der Waals surface area (Å²) in [6.07, 6.45) is 0. The highest BCUT2D eigenvalue weighted by molar-refractivity contribution is 6.06. The number of carbonyl (C=O) groups excluding carboxylic acids is 1. The number of hydrogen-bond donors (Lipinski definition) is 1. The molecule has 1 atom stereocenters. The fourth-order valence-corrected chi connectivity index (χ4v) is 4.11. The number of anilines is 1. The Morgan fingerprint density at radius 3 is 2.50 bits per heavy atom. The maximum atomic E-state index is 13.2. The second kappa shape index (κ2) is 9.59. The summed E-state index contributed by atoms with van der Waals surface area (Å²) < 4.78 is 13.2. The lowest BCUT2D eigenvalue weighted by Gasteiger charge is -2.31. The minimum atomic E-state index is -0.285. The van der Waals surface area contributed by atoms with Crippen LogP contribution in [0.5, 0.6) is 0 Å². The Morgan fingerprint density at radius 2 is 1.84 bits per heavy atom. The zero-order valence-electron chi connectivity index (χ0n) is 18.8. The molecule has 1 saturated heterocycles. The van der Waals surface area contributed by atoms with Crippen LogP contribution < -0.4 is 10.2 Å². The van der Waals surface area contributed by atoms with E-state index in [9.17, 15) is 9.18 Å². The number of nitrogens with zero attached hydrogens (tertiary/aromatic N) is 3. The molecule has 1 amide bonds. The van der Waals surface area contributed by atoms with Crippen LogP contribution in [0.2, 0.25) is 0 Å². The lowest BCUT2D eigenvalue weighted by Crippen LogP contribution is -2.48. The van der Waals surface area contributed by atoms with E-state index in [1.807, 2.05) is 19.1 Å². The van der Waals surface area contributed by atoms with Gasteiger partial charge in [-0.25, -0.2) is 4.39 Å². The van der Waals surface area contributed by atoms with Gasteiger partial charge in [0.2, 0.25) is 0 Å². The van der Waals surface area contributed by atoms with Gasteiger partial charge in [0.15, 0.2) is 0 Å². The fraction of sp³-hybridized carbons (Fsp3) is 0.308. The Balaban J connectivity index is 1.45. The van der Waals surface area contributed by atoms with Crippen LogP contribution in [0.3, 0.4) is 0 Å². The molecule has 1 aliphatic rings. The van der Waals surface area contributed by atoms with E-state index < -0.39 is 0 Å². The zero-order chi connectivity index (χ0) is 22.7. The van der Waals surface area contributed by atoms with E-state index in [1.54, 1.807) is 36.2 Å². The summed E-state index contributed by atoms with van der Waals surface area (Å²) in [5, 5.41) is 3.46. The van der Waals surface area contributed by atoms with Gasteiger partial charge in [0.05, 0.1) is 17.0 Å². The Bertz CT molecular complexity index is 1080. The molecule has 166 valence electrons. The van der Waals surface area contributed by atoms with E-state index in [2.05, 4.69) is 34.3 Å². The van der Waals surface area contributed by atoms with E-state index in [1.165, 1.54) is 17.7 Å². The van der Waals surface area contributed by atoms with Gasteiger partial charge in [0, 0.05) is 50.5 Å². The van der Waals surface area contributed by atoms with Crippen LogP contribution >= 0.6 is 0 Å². The number of piperazine rings is 1. The fourth-order valence-electron chi connectivity index (χ4n) is 4.11. The second-order valence-corrected chi connectivity index (χ2v) is 8.46. The number of amides is 1. The first-order valence-corrected chi connectivity index (χ1v) is 11.0. The average Bonchev–Trinajstić information content (AvgIpc) is 2.79. The zero-order valence-corrected chi connectivity index (χ0v) is 18.8. The van der Waals surface area contributed by atoms with E-state index >= 15 is 0 Å². The van der Waals surface area contributed by atoms with Gasteiger partial charge in [-0.2, -0.15) is 0 Å². The lowest BCUT2D eigenvalue weighted by atomic mass is 10.1. The molecule has 5 nitrogen and oxygen atoms in total. The highest BCUT2D eigenvalue weighted by Crippen LogP contribution is 2.22. The molecule has 0 radical (unpaired) electrons. The first kappa shape index (κ1) is 22.1. The molecular formula is C26H29FN4O. The summed E-state index contributed by atoms with van der Waals surface area (Å²) in [6.45, 7) is 8.05. The predicted octanol–water partition coefficient (Wildman–Crippen LogP) is 4.27. The quantitative estimate of drug-likeness (QED) is 0.654. The van der Waals surface area contributed by atoms with E-state index in [0.717, 1.165) is 37.4 Å². The Hall–Kier alpha value is -3.09. The van der Waals surface area contributed by atoms with Crippen molar-refractivity contribution in [3.63, 3.8) is 0 Å². The minimum Gasteiger partial charge on any atom is -0.312 e. The van der Waals surface area contributed by atoms with Crippen molar-refractivity contribution in [1.29, 1.82) is 0 Å². The topological polar surface area (TPSA) is 48.5 Å². The van der Waals surface area contributed by atoms with Crippen LogP contribution in [0.25, 0.3) is 11.3 Å². The van der Waals surface area contributed by atoms with E-state index in [4.69, 9.17) is 0 Å². The van der Waals surface area contributed by atoms with Gasteiger partial charge in [-0.3, -0.25) is 14.7 Å². The molecule has 32 heavy (non-hydrogen) atoms. The molecule has 1 fully saturated rings. The van der Waals surface area contributed by atoms with Crippen molar-refractivity contribution in [1.82, 2.24) is 15.2 Å². The highest BCUT2D eigenvalue weighted by atomic mass is 19.1. The van der Waals surface area contributed by atoms with Crippen molar-refractivity contribution in [2.24, 2.45) is 0 Å². The SMILES string of the molecule is Cc1nc(-c2ccc(F)cc2)ccc1C(=O)N(C)c1ccc(CN2CCN[C@@H](C)C2)cc1. The summed E-state index contributed by atoms with van der Waals surface area (Å²) in [5.41, 5.74) is 4.81. The molecule has 0 aliphatic carbocycles. The average molecular weight is 433 g/mol. The van der Waals surface area contributed by atoms with Crippen molar-refractivity contribution in [3.05, 3.63) is 83.3 Å². The normalized spacial score (nSPS) is 16.7. The van der Waals surface area contributed by atoms with Gasteiger partial charge >= 0.3 is 0 Å². The standard InChI is InChI=1S/C26H29FN4O/c1-18-16-31(15-14-28-18)17-20-4-10-23(11-5-20)30(3)26(32)24-12-13-25(29-19(24)2)21-6-8-22(27)9-7-21/h4-13,18,28H,14-17H2,1-3H3/t18-/m0/s1. The first-order valence-electron chi connectivity index (χ1n) is 11.0. The highest BCUT2D eigenvalue weighted by Gasteiger charge is 2.18. The van der Waals surface area contributed by atoms with Crippen LogP contribution in [0.4, 0.5) is 10.1 Å². The molecule has 0 spiro atoms. The number of pyridine rings is 1. The molecule has 6 heteroatoms. The molecule has 2 heterocycles. The molecule has 1 N–H and O–H groups in total. The Morgan fingerprint density at radius 1 is 1.12 bits per heavy atom. The van der Waals surface area contributed by atoms with Gasteiger partial charge in [-0.05, 0) is 67.9 Å². The monoisotopic (exact) mass is 432 g/mol. The van der Waals surface area contributed by atoms with Crippen molar-refractivity contribution >= 4 is 11.6 Å². The number of benzene rings is 2. The largest absolute Gasteiger partial charge is 0.312 e. The number of aromatic nitrogens is 1. The molecule has 2 aromatic carbocycles. The number of aryl methyl sites for hydroxylation is 1. The molecule has 4 rings (SSSR count). The van der Waals surface area contributed by atoms with Crippen LogP contribution in [-0.4, -0.2) is 48.5 Å². The molecule has 1 aliphatic heterocycles. The summed E-state index contributed by atoms with van der Waals surface area (Å²) >= 11 is 0. The number of nitrogens with one attached hydrogen (secondary N) is 1. The number of rotatable bonds is 5. The lowest BCUT2D eigenvalue weighted by molar-refractivity contribution is 0.0992. The van der Waals surface area contributed by atoms with E-state index in [-0.39, 0.29) is 11.7 Å². The minimum absolute atomic E-state index is 0.107. The molecule has 1 aromatic heterocycles. The third kappa shape index (κ3) is 5.03. The predicted molar refractivity (Wildman–Crippen MR) is 126 cm³/mol. The van der Waals surface area contributed by atoms with Crippen molar-refractivity contribution in [3.8, 4) is 11.3 Å². The first-order chi connectivity index (χ1) is 15.4. The van der Waals surface area contributed by atoms with Gasteiger partial charge in [0.1, 0.15) is 5.82 Å². The smallest absolute Gasteiger partial charge is 0.259 e. The van der Waals surface area contributed by atoms with E-state index in [0.29, 0.717) is 23.0 Å². The Kier molecular flexibility index (Phi) is 6.63. The summed E-state index contributed by atoms with van der Waals surface area (Å²) in [7, 11) is 1.78. The van der Waals surface area contributed by atoms with Crippen LogP contribution in [0, 0.1) is 12.7 Å². The van der Waals surface area contributed by atoms with Crippen LogP contribution in [-0.2, 0) is 6.54 Å². The number of hydrogen-bond acceptors (Lipinski definition) is 4. The summed E-state index contributed by atoms with van der Waals surface area (Å²) in [5.74, 6) is -0.392. The van der Waals surface area contributed by atoms with Gasteiger partial charge in [-0.1, -0.05) is 12.1 Å². The second-order valence-electron chi connectivity index (χ2n) is 8.46. The Labute approximate surface area is 188 Å². The van der Waals surface area contributed by atoms with Crippen molar-refractivity contribution in [2.75, 3.05) is 31.6 Å². The van der Waals surface area contributed by atoms with Gasteiger partial charge in [-0.15, -0.1) is 0 Å². The van der Waals surface area contributed by atoms with Crippen LogP contribution in [0.1, 0.15) is 28.5 Å². The molecule has 3 aromatic rings. The third-order valence-electron chi connectivity index (χ3n) is 5.94. The van der Waals surface area contributed by atoms with Crippen molar-refractivity contribution < 1.29 is 9.18 Å². The van der Waals surface area contributed by atoms with Crippen LogP contribution in [0.15, 0.2) is 60.7 Å². The molecule has 0 unspecified atom stereocenters. The number of carbonyl (C=O) groups is 1. The maximum absolute atomic E-state index is 13.2.